The molecule has 1 unspecified atom stereocenters. The van der Waals surface area contributed by atoms with Gasteiger partial charge in [-0.25, -0.2) is 8.78 Å². The van der Waals surface area contributed by atoms with Crippen LogP contribution in [0.3, 0.4) is 0 Å². The molecule has 0 radical (unpaired) electrons. The highest BCUT2D eigenvalue weighted by molar-refractivity contribution is 5.87. The molecule has 1 aliphatic carbocycles. The lowest BCUT2D eigenvalue weighted by atomic mass is 9.91. The van der Waals surface area contributed by atoms with Gasteiger partial charge in [0.15, 0.2) is 5.41 Å². The molecule has 1 N–H and O–H groups in total. The van der Waals surface area contributed by atoms with Crippen LogP contribution >= 0.6 is 0 Å². The van der Waals surface area contributed by atoms with Crippen LogP contribution in [0.4, 0.5) is 8.78 Å². The Kier molecular flexibility index (Phi) is 2.38. The van der Waals surface area contributed by atoms with Crippen molar-refractivity contribution in [1.29, 1.82) is 0 Å². The van der Waals surface area contributed by atoms with Gasteiger partial charge in [0.1, 0.15) is 0 Å². The normalized spacial score (nSPS) is 26.1. The summed E-state index contributed by atoms with van der Waals surface area (Å²) >= 11 is 0. The summed E-state index contributed by atoms with van der Waals surface area (Å²) in [6.07, 6.45) is -0.654. The third kappa shape index (κ3) is 1.54. The number of aliphatic carboxylic acids is 1. The van der Waals surface area contributed by atoms with Gasteiger partial charge in [0.2, 0.25) is 0 Å². The molecule has 0 saturated heterocycles. The van der Waals surface area contributed by atoms with Gasteiger partial charge in [-0.1, -0.05) is 20.8 Å². The average molecular weight is 258 g/mol. The Morgan fingerprint density at radius 2 is 2.00 bits per heavy atom. The van der Waals surface area contributed by atoms with Crippen molar-refractivity contribution in [3.63, 3.8) is 0 Å². The van der Waals surface area contributed by atoms with Gasteiger partial charge in [-0.05, 0) is 6.07 Å². The lowest BCUT2D eigenvalue weighted by Gasteiger charge is -2.14. The third-order valence-corrected chi connectivity index (χ3v) is 3.44. The Labute approximate surface area is 104 Å². The largest absolute Gasteiger partial charge is 0.480 e. The Balaban J connectivity index is 2.53. The molecule has 0 bridgehead atoms. The van der Waals surface area contributed by atoms with Crippen LogP contribution in [0.2, 0.25) is 0 Å². The van der Waals surface area contributed by atoms with E-state index in [2.05, 4.69) is 5.10 Å². The van der Waals surface area contributed by atoms with Crippen molar-refractivity contribution in [2.75, 3.05) is 0 Å². The van der Waals surface area contributed by atoms with Gasteiger partial charge in [-0.3, -0.25) is 9.48 Å². The molecule has 1 fully saturated rings. The van der Waals surface area contributed by atoms with Gasteiger partial charge in [-0.15, -0.1) is 0 Å². The molecule has 1 saturated carbocycles. The van der Waals surface area contributed by atoms with Crippen molar-refractivity contribution in [1.82, 2.24) is 9.78 Å². The molecule has 2 rings (SSSR count). The standard InChI is InChI=1S/C12H16F2N2O2/c1-10(2,3)7-5-8(16(4)15-7)11(9(17)18)6-12(11,13)14/h5H,6H2,1-4H3,(H,17,18). The number of halogens is 2. The molecular weight excluding hydrogens is 242 g/mol. The minimum absolute atomic E-state index is 0.0740. The van der Waals surface area contributed by atoms with E-state index in [0.717, 1.165) is 0 Å². The summed E-state index contributed by atoms with van der Waals surface area (Å²) in [4.78, 5) is 11.2. The number of alkyl halides is 2. The summed E-state index contributed by atoms with van der Waals surface area (Å²) in [7, 11) is 1.50. The van der Waals surface area contributed by atoms with Crippen LogP contribution in [-0.2, 0) is 22.7 Å². The van der Waals surface area contributed by atoms with Crippen molar-refractivity contribution in [3.8, 4) is 0 Å². The number of carbonyl (C=O) groups is 1. The lowest BCUT2D eigenvalue weighted by molar-refractivity contribution is -0.143. The van der Waals surface area contributed by atoms with Crippen LogP contribution in [-0.4, -0.2) is 26.8 Å². The van der Waals surface area contributed by atoms with E-state index < -0.39 is 23.7 Å². The Morgan fingerprint density at radius 1 is 1.50 bits per heavy atom. The second-order valence-corrected chi connectivity index (χ2v) is 5.88. The molecule has 4 nitrogen and oxygen atoms in total. The van der Waals surface area contributed by atoms with Gasteiger partial charge in [0.05, 0.1) is 11.4 Å². The maximum absolute atomic E-state index is 13.5. The lowest BCUT2D eigenvalue weighted by Crippen LogP contribution is -2.29. The summed E-state index contributed by atoms with van der Waals surface area (Å²) in [6, 6.07) is 1.48. The number of hydrogen-bond donors (Lipinski definition) is 1. The molecule has 100 valence electrons. The maximum Gasteiger partial charge on any atom is 0.322 e. The molecule has 0 spiro atoms. The highest BCUT2D eigenvalue weighted by Crippen LogP contribution is 2.61. The van der Waals surface area contributed by atoms with E-state index in [1.807, 2.05) is 20.8 Å². The van der Waals surface area contributed by atoms with Gasteiger partial charge < -0.3 is 5.11 Å². The van der Waals surface area contributed by atoms with Crippen molar-refractivity contribution in [3.05, 3.63) is 17.5 Å². The predicted octanol–water partition coefficient (Wildman–Crippen LogP) is 2.08. The van der Waals surface area contributed by atoms with Gasteiger partial charge in [-0.2, -0.15) is 5.10 Å². The van der Waals surface area contributed by atoms with Crippen LogP contribution in [0.25, 0.3) is 0 Å². The number of carboxylic acid groups (broad SMARTS) is 1. The van der Waals surface area contributed by atoms with E-state index in [4.69, 9.17) is 5.11 Å². The molecule has 18 heavy (non-hydrogen) atoms. The van der Waals surface area contributed by atoms with E-state index >= 15 is 0 Å². The van der Waals surface area contributed by atoms with E-state index in [0.29, 0.717) is 5.69 Å². The highest BCUT2D eigenvalue weighted by atomic mass is 19.3. The number of carboxylic acids is 1. The van der Waals surface area contributed by atoms with Crippen molar-refractivity contribution < 1.29 is 18.7 Å². The fourth-order valence-corrected chi connectivity index (χ4v) is 2.14. The number of rotatable bonds is 2. The molecule has 6 heteroatoms. The van der Waals surface area contributed by atoms with Crippen LogP contribution < -0.4 is 0 Å². The van der Waals surface area contributed by atoms with E-state index in [1.165, 1.54) is 17.8 Å². The number of nitrogens with zero attached hydrogens (tertiary/aromatic N) is 2. The zero-order chi connectivity index (χ0) is 13.9. The molecule has 1 heterocycles. The Morgan fingerprint density at radius 3 is 2.28 bits per heavy atom. The fraction of sp³-hybridized carbons (Fsp3) is 0.667. The fourth-order valence-electron chi connectivity index (χ4n) is 2.14. The first-order valence-corrected chi connectivity index (χ1v) is 5.68. The minimum Gasteiger partial charge on any atom is -0.480 e. The zero-order valence-electron chi connectivity index (χ0n) is 10.8. The number of aryl methyl sites for hydroxylation is 1. The Bertz CT molecular complexity index is 517. The van der Waals surface area contributed by atoms with E-state index in [-0.39, 0.29) is 11.1 Å². The smallest absolute Gasteiger partial charge is 0.322 e. The third-order valence-electron chi connectivity index (χ3n) is 3.44. The van der Waals surface area contributed by atoms with Crippen LogP contribution in [0.1, 0.15) is 38.6 Å². The molecule has 0 aliphatic heterocycles. The highest BCUT2D eigenvalue weighted by Gasteiger charge is 2.78. The number of aromatic nitrogens is 2. The molecule has 1 aromatic rings. The quantitative estimate of drug-likeness (QED) is 0.883. The SMILES string of the molecule is Cn1nc(C(C)(C)C)cc1C1(C(=O)O)CC1(F)F. The number of hydrogen-bond acceptors (Lipinski definition) is 2. The van der Waals surface area contributed by atoms with E-state index in [1.54, 1.807) is 0 Å². The molecule has 1 aliphatic rings. The summed E-state index contributed by atoms with van der Waals surface area (Å²) in [5.41, 5.74) is -1.72. The molecule has 0 aromatic carbocycles. The molecular formula is C12H16F2N2O2. The Hall–Kier alpha value is -1.46. The summed E-state index contributed by atoms with van der Waals surface area (Å²) < 4.78 is 28.2. The topological polar surface area (TPSA) is 55.1 Å². The maximum atomic E-state index is 13.5. The molecule has 1 atom stereocenters. The van der Waals surface area contributed by atoms with Crippen LogP contribution in [0.5, 0.6) is 0 Å². The minimum atomic E-state index is -3.19. The summed E-state index contributed by atoms with van der Waals surface area (Å²) in [5.74, 6) is -4.68. The van der Waals surface area contributed by atoms with Gasteiger partial charge >= 0.3 is 5.97 Å². The van der Waals surface area contributed by atoms with Crippen LogP contribution in [0.15, 0.2) is 6.07 Å². The van der Waals surface area contributed by atoms with Gasteiger partial charge in [0, 0.05) is 18.9 Å². The summed E-state index contributed by atoms with van der Waals surface area (Å²) in [5, 5.41) is 13.3. The second kappa shape index (κ2) is 3.30. The first-order chi connectivity index (χ1) is 8.02. The predicted molar refractivity (Wildman–Crippen MR) is 60.8 cm³/mol. The monoisotopic (exact) mass is 258 g/mol. The van der Waals surface area contributed by atoms with Crippen molar-refractivity contribution in [2.24, 2.45) is 7.05 Å². The van der Waals surface area contributed by atoms with E-state index in [9.17, 15) is 13.6 Å². The average Bonchev–Trinajstić information content (AvgIpc) is 2.56. The van der Waals surface area contributed by atoms with Gasteiger partial charge in [0.25, 0.3) is 5.92 Å². The first-order valence-electron chi connectivity index (χ1n) is 5.68. The second-order valence-electron chi connectivity index (χ2n) is 5.88. The van der Waals surface area contributed by atoms with Crippen molar-refractivity contribution in [2.45, 2.75) is 43.9 Å². The van der Waals surface area contributed by atoms with Crippen LogP contribution in [0, 0.1) is 0 Å². The molecule has 1 aromatic heterocycles. The molecule has 0 amide bonds. The van der Waals surface area contributed by atoms with Crippen molar-refractivity contribution >= 4 is 5.97 Å². The first kappa shape index (κ1) is 13.0. The zero-order valence-corrected chi connectivity index (χ0v) is 10.8. The summed E-state index contributed by atoms with van der Waals surface area (Å²) in [6.45, 7) is 5.70.